The van der Waals surface area contributed by atoms with Crippen LogP contribution in [0.15, 0.2) is 42.5 Å². The highest BCUT2D eigenvalue weighted by atomic mass is 16.6. The molecule has 2 N–H and O–H groups in total. The number of Topliss-reactive ketones (excluding diaryl/α,β-unsaturated/α-hetero) is 1. The van der Waals surface area contributed by atoms with E-state index in [4.69, 9.17) is 19.3 Å². The molecule has 0 amide bonds. The maximum atomic E-state index is 12.8. The van der Waals surface area contributed by atoms with E-state index in [1.165, 1.54) is 18.2 Å². The summed E-state index contributed by atoms with van der Waals surface area (Å²) in [7, 11) is 0. The van der Waals surface area contributed by atoms with Crippen LogP contribution in [0.2, 0.25) is 0 Å². The molecule has 0 fully saturated rings. The van der Waals surface area contributed by atoms with E-state index in [0.29, 0.717) is 32.3 Å². The minimum absolute atomic E-state index is 0.0852. The lowest BCUT2D eigenvalue weighted by Crippen LogP contribution is -2.34. The Balaban J connectivity index is 1.68. The van der Waals surface area contributed by atoms with Gasteiger partial charge >= 0.3 is 29.8 Å². The number of esters is 5. The molecule has 5 aromatic carbocycles. The van der Waals surface area contributed by atoms with Crippen molar-refractivity contribution in [1.82, 2.24) is 0 Å². The summed E-state index contributed by atoms with van der Waals surface area (Å²) in [5.74, 6) is -6.76. The van der Waals surface area contributed by atoms with Crippen LogP contribution in [0.5, 0.6) is 5.75 Å². The molecule has 0 spiro atoms. The Morgan fingerprint density at radius 2 is 1.15 bits per heavy atom. The third kappa shape index (κ3) is 2.87. The second-order valence-corrected chi connectivity index (χ2v) is 9.09. The number of carbonyl (C=O) groups is 6. The number of carbonyl (C=O) groups excluding carboxylic acids is 6. The first kappa shape index (κ1) is 22.9. The zero-order valence-electron chi connectivity index (χ0n) is 19.4. The van der Waals surface area contributed by atoms with Gasteiger partial charge < -0.3 is 24.4 Å². The number of hydrogen-bond acceptors (Lipinski definition) is 11. The molecule has 190 valence electrons. The third-order valence-corrected chi connectivity index (χ3v) is 7.10. The van der Waals surface area contributed by atoms with Crippen LogP contribution >= 0.6 is 0 Å². The fraction of sp³-hybridized carbons (Fsp3) is 0.0714. The fourth-order valence-electron chi connectivity index (χ4n) is 5.47. The topological polar surface area (TPSA) is 171 Å². The highest BCUT2D eigenvalue weighted by molar-refractivity contribution is 6.41. The monoisotopic (exact) mass is 524 g/mol. The molecule has 0 radical (unpaired) electrons. The SMILES string of the molecule is O=C(Oc1cc2c3c(ccc4c5ccc6c7c(ccc(c1c34)c75)C(=O)OC6=O)C(=O)OC2=O)C(=O)C(O)CO. The van der Waals surface area contributed by atoms with E-state index >= 15 is 0 Å². The van der Waals surface area contributed by atoms with Crippen molar-refractivity contribution in [3.8, 4) is 5.75 Å². The second-order valence-electron chi connectivity index (χ2n) is 9.09. The molecule has 0 saturated carbocycles. The molecule has 0 aliphatic carbocycles. The Kier molecular flexibility index (Phi) is 4.48. The lowest BCUT2D eigenvalue weighted by atomic mass is 9.83. The lowest BCUT2D eigenvalue weighted by molar-refractivity contribution is -0.152. The van der Waals surface area contributed by atoms with Crippen molar-refractivity contribution in [3.05, 3.63) is 64.7 Å². The first-order valence-electron chi connectivity index (χ1n) is 11.5. The second kappa shape index (κ2) is 7.63. The summed E-state index contributed by atoms with van der Waals surface area (Å²) in [6.45, 7) is -1.02. The van der Waals surface area contributed by atoms with Crippen molar-refractivity contribution < 1.29 is 53.2 Å². The Bertz CT molecular complexity index is 2030. The van der Waals surface area contributed by atoms with Crippen molar-refractivity contribution in [1.29, 1.82) is 0 Å². The molecule has 11 nitrogen and oxygen atoms in total. The van der Waals surface area contributed by atoms with Crippen molar-refractivity contribution in [3.63, 3.8) is 0 Å². The van der Waals surface area contributed by atoms with Crippen LogP contribution in [0, 0.1) is 0 Å². The van der Waals surface area contributed by atoms with Gasteiger partial charge in [-0.05, 0) is 45.8 Å². The largest absolute Gasteiger partial charge is 0.420 e. The Morgan fingerprint density at radius 3 is 1.72 bits per heavy atom. The summed E-state index contributed by atoms with van der Waals surface area (Å²) in [5.41, 5.74) is 0.258. The van der Waals surface area contributed by atoms with Crippen molar-refractivity contribution in [2.45, 2.75) is 6.10 Å². The van der Waals surface area contributed by atoms with E-state index in [1.807, 2.05) is 0 Å². The highest BCUT2D eigenvalue weighted by Crippen LogP contribution is 2.48. The zero-order chi connectivity index (χ0) is 27.3. The minimum Gasteiger partial charge on any atom is -0.420 e. The highest BCUT2D eigenvalue weighted by Gasteiger charge is 2.35. The summed E-state index contributed by atoms with van der Waals surface area (Å²) in [6, 6.07) is 10.4. The van der Waals surface area contributed by atoms with Crippen LogP contribution in [0.25, 0.3) is 43.1 Å². The van der Waals surface area contributed by atoms with Gasteiger partial charge in [0, 0.05) is 21.5 Å². The number of hydrogen-bond donors (Lipinski definition) is 2. The smallest absolute Gasteiger partial charge is 0.382 e. The summed E-state index contributed by atoms with van der Waals surface area (Å²) >= 11 is 0. The molecule has 2 aliphatic heterocycles. The van der Waals surface area contributed by atoms with Crippen LogP contribution in [0.4, 0.5) is 0 Å². The van der Waals surface area contributed by atoms with E-state index in [1.54, 1.807) is 18.2 Å². The van der Waals surface area contributed by atoms with Gasteiger partial charge in [0.15, 0.2) is 0 Å². The van der Waals surface area contributed by atoms with Gasteiger partial charge in [0.1, 0.15) is 11.9 Å². The average Bonchev–Trinajstić information content (AvgIpc) is 2.93. The van der Waals surface area contributed by atoms with Crippen LogP contribution in [-0.2, 0) is 19.1 Å². The van der Waals surface area contributed by atoms with Crippen molar-refractivity contribution >= 4 is 78.7 Å². The van der Waals surface area contributed by atoms with Crippen molar-refractivity contribution in [2.24, 2.45) is 0 Å². The molecule has 7 rings (SSSR count). The van der Waals surface area contributed by atoms with Gasteiger partial charge in [0.25, 0.3) is 5.78 Å². The standard InChI is InChI=1S/C28H12O11/c29-8-16(30)23(31)28(36)37-17-7-15-20-14(26(34)39-27(15)35)5-2-10-9-1-4-12-19-13(25(33)38-24(12)32)6-3-11(18(9)19)21(17)22(10)20/h1-7,16,29-30H,8H2. The fourth-order valence-corrected chi connectivity index (χ4v) is 5.47. The van der Waals surface area contributed by atoms with Gasteiger partial charge in [-0.15, -0.1) is 0 Å². The van der Waals surface area contributed by atoms with E-state index in [2.05, 4.69) is 0 Å². The quantitative estimate of drug-likeness (QED) is 0.0882. The Labute approximate surface area is 215 Å². The molecule has 0 bridgehead atoms. The first-order valence-corrected chi connectivity index (χ1v) is 11.5. The molecule has 5 aromatic rings. The first-order chi connectivity index (χ1) is 18.7. The molecule has 39 heavy (non-hydrogen) atoms. The predicted molar refractivity (Wildman–Crippen MR) is 131 cm³/mol. The van der Waals surface area contributed by atoms with Gasteiger partial charge in [-0.3, -0.25) is 4.79 Å². The molecule has 11 heteroatoms. The molecular weight excluding hydrogens is 512 g/mol. The summed E-state index contributed by atoms with van der Waals surface area (Å²) < 4.78 is 15.1. The van der Waals surface area contributed by atoms with Gasteiger partial charge in [-0.1, -0.05) is 18.2 Å². The normalized spacial score (nSPS) is 15.2. The number of ether oxygens (including phenoxy) is 3. The third-order valence-electron chi connectivity index (χ3n) is 7.10. The maximum absolute atomic E-state index is 12.8. The maximum Gasteiger partial charge on any atom is 0.382 e. The number of aliphatic hydroxyl groups excluding tert-OH is 2. The molecular formula is C28H12O11. The van der Waals surface area contributed by atoms with Crippen LogP contribution in [-0.4, -0.2) is 58.6 Å². The van der Waals surface area contributed by atoms with Gasteiger partial charge in [-0.2, -0.15) is 0 Å². The predicted octanol–water partition coefficient (Wildman–Crippen LogP) is 2.19. The van der Waals surface area contributed by atoms with E-state index in [-0.39, 0.29) is 38.8 Å². The van der Waals surface area contributed by atoms with Crippen LogP contribution in [0.3, 0.4) is 0 Å². The number of fused-ring (bicyclic) bond motifs is 2. The molecule has 2 heterocycles. The van der Waals surface area contributed by atoms with E-state index < -0.39 is 48.3 Å². The Morgan fingerprint density at radius 1 is 0.667 bits per heavy atom. The molecule has 0 saturated heterocycles. The zero-order valence-corrected chi connectivity index (χ0v) is 19.4. The summed E-state index contributed by atoms with van der Waals surface area (Å²) in [6.07, 6.45) is -2.03. The Hall–Kier alpha value is -5.26. The minimum atomic E-state index is -2.03. The average molecular weight is 524 g/mol. The van der Waals surface area contributed by atoms with E-state index in [0.717, 1.165) is 6.07 Å². The number of benzene rings is 5. The van der Waals surface area contributed by atoms with Crippen LogP contribution < -0.4 is 4.74 Å². The van der Waals surface area contributed by atoms with Crippen LogP contribution in [0.1, 0.15) is 41.4 Å². The summed E-state index contributed by atoms with van der Waals surface area (Å²) in [5, 5.41) is 21.7. The van der Waals surface area contributed by atoms with E-state index in [9.17, 15) is 33.9 Å². The molecule has 2 aliphatic rings. The number of aliphatic hydroxyl groups is 2. The van der Waals surface area contributed by atoms with Gasteiger partial charge in [-0.25, -0.2) is 24.0 Å². The lowest BCUT2D eigenvalue weighted by Gasteiger charge is -2.24. The molecule has 1 unspecified atom stereocenters. The van der Waals surface area contributed by atoms with Crippen molar-refractivity contribution in [2.75, 3.05) is 6.61 Å². The summed E-state index contributed by atoms with van der Waals surface area (Å²) in [4.78, 5) is 75.4. The number of cyclic esters (lactones) is 4. The molecule has 0 aromatic heterocycles. The molecule has 1 atom stereocenters. The number of ketones is 1. The number of rotatable bonds is 4. The van der Waals surface area contributed by atoms with Gasteiger partial charge in [0.2, 0.25) is 0 Å². The van der Waals surface area contributed by atoms with Gasteiger partial charge in [0.05, 0.1) is 28.9 Å².